The first-order chi connectivity index (χ1) is 15.9. The molecule has 4 heterocycles. The molecular formula is C27H32N6. The monoisotopic (exact) mass is 440 g/mol. The van der Waals surface area contributed by atoms with Crippen LogP contribution in [0.15, 0.2) is 67.8 Å². The average Bonchev–Trinajstić information content (AvgIpc) is 3.40. The summed E-state index contributed by atoms with van der Waals surface area (Å²) in [5.41, 5.74) is 9.63. The zero-order chi connectivity index (χ0) is 23.5. The maximum Gasteiger partial charge on any atom is 0.135 e. The Labute approximate surface area is 195 Å². The molecule has 0 spiro atoms. The summed E-state index contributed by atoms with van der Waals surface area (Å²) in [6.07, 6.45) is 7.67. The molecular weight excluding hydrogens is 408 g/mol. The highest BCUT2D eigenvalue weighted by Gasteiger charge is 2.21. The number of hydrogen-bond donors (Lipinski definition) is 2. The minimum atomic E-state index is 0.802. The lowest BCUT2D eigenvalue weighted by atomic mass is 10.0. The van der Waals surface area contributed by atoms with Gasteiger partial charge in [0.05, 0.1) is 16.9 Å². The molecule has 0 radical (unpaired) electrons. The molecule has 1 aliphatic heterocycles. The van der Waals surface area contributed by atoms with Crippen molar-refractivity contribution < 1.29 is 0 Å². The van der Waals surface area contributed by atoms with Crippen LogP contribution in [0, 0.1) is 6.92 Å². The topological polar surface area (TPSA) is 63.8 Å². The number of piperazine rings is 1. The van der Waals surface area contributed by atoms with Crippen molar-refractivity contribution in [2.24, 2.45) is 0 Å². The standard InChI is InChI=1S/C27H32N6/c1-7-9-18(3)19(4)22-11-12-23-26(29-22)27(31-30-23)24-17-21(20(5)28-24)25(10-8-2)33-15-13-32(6)14-16-33/h7-12,17,28H,1-2,4,13-16H2,3,5-6H3,(H,30,31)/b18-9-,25-10+. The van der Waals surface area contributed by atoms with Gasteiger partial charge in [-0.3, -0.25) is 5.10 Å². The smallest absolute Gasteiger partial charge is 0.135 e. The minimum Gasteiger partial charge on any atom is -0.368 e. The highest BCUT2D eigenvalue weighted by Crippen LogP contribution is 2.32. The van der Waals surface area contributed by atoms with Crippen molar-refractivity contribution in [1.29, 1.82) is 0 Å². The molecule has 0 unspecified atom stereocenters. The third-order valence-corrected chi connectivity index (χ3v) is 6.23. The molecule has 1 saturated heterocycles. The van der Waals surface area contributed by atoms with E-state index in [0.29, 0.717) is 0 Å². The van der Waals surface area contributed by atoms with Crippen molar-refractivity contribution in [3.05, 3.63) is 84.8 Å². The van der Waals surface area contributed by atoms with E-state index in [4.69, 9.17) is 4.98 Å². The third-order valence-electron chi connectivity index (χ3n) is 6.23. The van der Waals surface area contributed by atoms with Gasteiger partial charge in [0.2, 0.25) is 0 Å². The first-order valence-electron chi connectivity index (χ1n) is 11.2. The Kier molecular flexibility index (Phi) is 6.47. The second-order valence-electron chi connectivity index (χ2n) is 8.53. The Morgan fingerprint density at radius 1 is 1.09 bits per heavy atom. The maximum absolute atomic E-state index is 4.90. The van der Waals surface area contributed by atoms with Crippen LogP contribution in [0.4, 0.5) is 0 Å². The number of H-pyrrole nitrogens is 2. The molecule has 0 aromatic carbocycles. The van der Waals surface area contributed by atoms with Gasteiger partial charge >= 0.3 is 0 Å². The molecule has 0 saturated carbocycles. The fourth-order valence-electron chi connectivity index (χ4n) is 4.21. The molecule has 4 rings (SSSR count). The zero-order valence-corrected chi connectivity index (χ0v) is 19.8. The summed E-state index contributed by atoms with van der Waals surface area (Å²) in [6, 6.07) is 6.14. The number of aromatic nitrogens is 4. The van der Waals surface area contributed by atoms with Gasteiger partial charge in [0.1, 0.15) is 11.2 Å². The maximum atomic E-state index is 4.90. The number of aryl methyl sites for hydroxylation is 1. The van der Waals surface area contributed by atoms with E-state index in [2.05, 4.69) is 70.8 Å². The minimum absolute atomic E-state index is 0.802. The van der Waals surface area contributed by atoms with Gasteiger partial charge in [-0.15, -0.1) is 0 Å². The fourth-order valence-corrected chi connectivity index (χ4v) is 4.21. The molecule has 6 nitrogen and oxygen atoms in total. The van der Waals surface area contributed by atoms with E-state index in [-0.39, 0.29) is 0 Å². The predicted octanol–water partition coefficient (Wildman–Crippen LogP) is 5.18. The first kappa shape index (κ1) is 22.6. The number of aromatic amines is 2. The van der Waals surface area contributed by atoms with Crippen LogP contribution < -0.4 is 0 Å². The lowest BCUT2D eigenvalue weighted by Gasteiger charge is -2.35. The summed E-state index contributed by atoms with van der Waals surface area (Å²) in [7, 11) is 2.17. The molecule has 1 fully saturated rings. The van der Waals surface area contributed by atoms with Crippen LogP contribution in [0.5, 0.6) is 0 Å². The molecule has 0 atom stereocenters. The van der Waals surface area contributed by atoms with E-state index < -0.39 is 0 Å². The van der Waals surface area contributed by atoms with Gasteiger partial charge < -0.3 is 14.8 Å². The number of fused-ring (bicyclic) bond motifs is 1. The van der Waals surface area contributed by atoms with E-state index in [9.17, 15) is 0 Å². The number of nitrogens with one attached hydrogen (secondary N) is 2. The molecule has 170 valence electrons. The Morgan fingerprint density at radius 3 is 2.52 bits per heavy atom. The molecule has 0 aliphatic carbocycles. The molecule has 33 heavy (non-hydrogen) atoms. The average molecular weight is 441 g/mol. The van der Waals surface area contributed by atoms with Crippen LogP contribution in [-0.4, -0.2) is 63.2 Å². The van der Waals surface area contributed by atoms with Crippen LogP contribution >= 0.6 is 0 Å². The fraction of sp³-hybridized carbons (Fsp3) is 0.259. The van der Waals surface area contributed by atoms with Gasteiger partial charge in [-0.05, 0) is 56.3 Å². The highest BCUT2D eigenvalue weighted by atomic mass is 15.3. The molecule has 0 bridgehead atoms. The van der Waals surface area contributed by atoms with Crippen LogP contribution in [-0.2, 0) is 0 Å². The number of pyridine rings is 1. The summed E-state index contributed by atoms with van der Waals surface area (Å²) < 4.78 is 0. The summed E-state index contributed by atoms with van der Waals surface area (Å²) in [6.45, 7) is 20.1. The molecule has 2 N–H and O–H groups in total. The van der Waals surface area contributed by atoms with Gasteiger partial charge in [0.15, 0.2) is 0 Å². The van der Waals surface area contributed by atoms with Gasteiger partial charge in [-0.1, -0.05) is 38.0 Å². The second-order valence-corrected chi connectivity index (χ2v) is 8.53. The summed E-state index contributed by atoms with van der Waals surface area (Å²) in [4.78, 5) is 13.2. The van der Waals surface area contributed by atoms with E-state index in [1.165, 1.54) is 5.70 Å². The van der Waals surface area contributed by atoms with Gasteiger partial charge in [-0.2, -0.15) is 5.10 Å². The third kappa shape index (κ3) is 4.47. The molecule has 3 aromatic rings. The van der Waals surface area contributed by atoms with Crippen LogP contribution in [0.25, 0.3) is 33.7 Å². The number of hydrogen-bond acceptors (Lipinski definition) is 4. The Morgan fingerprint density at radius 2 is 1.82 bits per heavy atom. The van der Waals surface area contributed by atoms with Crippen molar-refractivity contribution in [1.82, 2.24) is 30.0 Å². The van der Waals surface area contributed by atoms with E-state index >= 15 is 0 Å². The second kappa shape index (κ2) is 9.46. The van der Waals surface area contributed by atoms with Crippen molar-refractivity contribution >= 4 is 22.3 Å². The first-order valence-corrected chi connectivity index (χ1v) is 11.2. The van der Waals surface area contributed by atoms with E-state index in [1.54, 1.807) is 6.08 Å². The largest absolute Gasteiger partial charge is 0.368 e. The van der Waals surface area contributed by atoms with Crippen LogP contribution in [0.3, 0.4) is 0 Å². The zero-order valence-electron chi connectivity index (χ0n) is 19.8. The lowest BCUT2D eigenvalue weighted by Crippen LogP contribution is -2.43. The predicted molar refractivity (Wildman–Crippen MR) is 139 cm³/mol. The summed E-state index contributed by atoms with van der Waals surface area (Å²) in [5.74, 6) is 0. The number of rotatable bonds is 7. The Bertz CT molecular complexity index is 1260. The van der Waals surface area contributed by atoms with Gasteiger partial charge in [0.25, 0.3) is 0 Å². The van der Waals surface area contributed by atoms with Crippen LogP contribution in [0.1, 0.15) is 23.9 Å². The van der Waals surface area contributed by atoms with Crippen molar-refractivity contribution in [2.45, 2.75) is 13.8 Å². The number of likely N-dealkylation sites (N-methyl/N-ethyl adjacent to an activating group) is 1. The quantitative estimate of drug-likeness (QED) is 0.497. The summed E-state index contributed by atoms with van der Waals surface area (Å²) >= 11 is 0. The Hall–Kier alpha value is -3.64. The number of allylic oxidation sites excluding steroid dienone is 6. The van der Waals surface area contributed by atoms with Crippen molar-refractivity contribution in [3.63, 3.8) is 0 Å². The summed E-state index contributed by atoms with van der Waals surface area (Å²) in [5, 5.41) is 7.71. The number of nitrogens with zero attached hydrogens (tertiary/aromatic N) is 4. The van der Waals surface area contributed by atoms with Crippen molar-refractivity contribution in [2.75, 3.05) is 33.2 Å². The van der Waals surface area contributed by atoms with Gasteiger partial charge in [0, 0.05) is 43.1 Å². The van der Waals surface area contributed by atoms with E-state index in [1.807, 2.05) is 31.2 Å². The normalized spacial score (nSPS) is 15.8. The lowest BCUT2D eigenvalue weighted by molar-refractivity contribution is 0.207. The van der Waals surface area contributed by atoms with Crippen molar-refractivity contribution in [3.8, 4) is 11.4 Å². The highest BCUT2D eigenvalue weighted by molar-refractivity contribution is 5.91. The van der Waals surface area contributed by atoms with Gasteiger partial charge in [-0.25, -0.2) is 4.98 Å². The van der Waals surface area contributed by atoms with Crippen LogP contribution in [0.2, 0.25) is 0 Å². The molecule has 1 aliphatic rings. The molecule has 6 heteroatoms. The molecule has 0 amide bonds. The van der Waals surface area contributed by atoms with E-state index in [0.717, 1.165) is 76.7 Å². The SMILES string of the molecule is C=C/C=C(/C)C(=C)c1ccc2[nH]nc(-c3cc(/C(=C\C=C)N4CCN(C)CC4)c(C)[nH]3)c2n1. The molecule has 3 aromatic heterocycles. The Balaban J connectivity index is 1.73.